The topological polar surface area (TPSA) is 32.8 Å². The molecule has 1 aliphatic rings. The average molecular weight is 370 g/mol. The first-order valence-corrected chi connectivity index (χ1v) is 9.51. The van der Waals surface area contributed by atoms with Gasteiger partial charge in [-0.3, -0.25) is 4.79 Å². The molecule has 0 bridgehead atoms. The van der Waals surface area contributed by atoms with E-state index in [9.17, 15) is 9.18 Å². The van der Waals surface area contributed by atoms with E-state index in [0.717, 1.165) is 11.3 Å². The Morgan fingerprint density at radius 2 is 1.78 bits per heavy atom. The summed E-state index contributed by atoms with van der Waals surface area (Å²) in [4.78, 5) is 16.7. The molecule has 0 aromatic heterocycles. The van der Waals surface area contributed by atoms with Crippen LogP contribution in [0, 0.1) is 19.7 Å². The third-order valence-corrected chi connectivity index (χ3v) is 5.19. The highest BCUT2D eigenvalue weighted by molar-refractivity contribution is 5.81. The number of anilines is 1. The Balaban J connectivity index is 1.61. The van der Waals surface area contributed by atoms with E-state index in [-0.39, 0.29) is 11.7 Å². The van der Waals surface area contributed by atoms with Gasteiger partial charge in [-0.25, -0.2) is 4.39 Å². The van der Waals surface area contributed by atoms with E-state index in [4.69, 9.17) is 4.74 Å². The number of hydrogen-bond donors (Lipinski definition) is 0. The normalized spacial score (nSPS) is 15.6. The molecule has 144 valence electrons. The molecular formula is C22H27FN2O2. The summed E-state index contributed by atoms with van der Waals surface area (Å²) in [5.74, 6) is 0.508. The maximum atomic E-state index is 14.0. The minimum Gasteiger partial charge on any atom is -0.481 e. The molecule has 3 rings (SSSR count). The molecule has 1 fully saturated rings. The molecule has 2 aromatic rings. The van der Waals surface area contributed by atoms with Gasteiger partial charge in [0, 0.05) is 26.2 Å². The van der Waals surface area contributed by atoms with Gasteiger partial charge >= 0.3 is 0 Å². The first-order chi connectivity index (χ1) is 13.0. The molecule has 5 heteroatoms. The largest absolute Gasteiger partial charge is 0.481 e. The van der Waals surface area contributed by atoms with Crippen LogP contribution < -0.4 is 9.64 Å². The molecule has 1 saturated heterocycles. The van der Waals surface area contributed by atoms with E-state index in [0.29, 0.717) is 38.3 Å². The Kier molecular flexibility index (Phi) is 5.99. The summed E-state index contributed by atoms with van der Waals surface area (Å²) in [6.45, 7) is 8.42. The van der Waals surface area contributed by atoms with Gasteiger partial charge in [-0.05, 0) is 55.7 Å². The van der Waals surface area contributed by atoms with Gasteiger partial charge in [-0.1, -0.05) is 25.1 Å². The third-order valence-electron chi connectivity index (χ3n) is 5.19. The van der Waals surface area contributed by atoms with E-state index < -0.39 is 6.10 Å². The number of carbonyl (C=O) groups is 1. The van der Waals surface area contributed by atoms with Crippen LogP contribution in [-0.4, -0.2) is 43.1 Å². The average Bonchev–Trinajstić information content (AvgIpc) is 2.69. The molecule has 4 nitrogen and oxygen atoms in total. The second-order valence-corrected chi connectivity index (χ2v) is 7.02. The summed E-state index contributed by atoms with van der Waals surface area (Å²) >= 11 is 0. The second-order valence-electron chi connectivity index (χ2n) is 7.02. The van der Waals surface area contributed by atoms with E-state index in [1.54, 1.807) is 12.1 Å². The maximum absolute atomic E-state index is 14.0. The van der Waals surface area contributed by atoms with E-state index in [2.05, 4.69) is 6.92 Å². The molecule has 27 heavy (non-hydrogen) atoms. The Morgan fingerprint density at radius 1 is 1.07 bits per heavy atom. The van der Waals surface area contributed by atoms with Crippen molar-refractivity contribution in [3.05, 3.63) is 59.4 Å². The summed E-state index contributed by atoms with van der Waals surface area (Å²) in [5, 5.41) is 0. The van der Waals surface area contributed by atoms with Crippen molar-refractivity contribution in [3.8, 4) is 5.75 Å². The highest BCUT2D eigenvalue weighted by Gasteiger charge is 2.28. The predicted molar refractivity (Wildman–Crippen MR) is 106 cm³/mol. The van der Waals surface area contributed by atoms with Crippen molar-refractivity contribution in [2.45, 2.75) is 33.3 Å². The maximum Gasteiger partial charge on any atom is 0.263 e. The molecule has 0 unspecified atom stereocenters. The van der Waals surface area contributed by atoms with Gasteiger partial charge in [0.25, 0.3) is 5.91 Å². The number of hydrogen-bond acceptors (Lipinski definition) is 3. The monoisotopic (exact) mass is 370 g/mol. The van der Waals surface area contributed by atoms with Crippen molar-refractivity contribution in [2.24, 2.45) is 0 Å². The fraction of sp³-hybridized carbons (Fsp3) is 0.409. The van der Waals surface area contributed by atoms with Crippen molar-refractivity contribution >= 4 is 11.6 Å². The number of carbonyl (C=O) groups excluding carboxylic acids is 1. The summed E-state index contributed by atoms with van der Waals surface area (Å²) in [6, 6.07) is 12.7. The van der Waals surface area contributed by atoms with Gasteiger partial charge in [-0.15, -0.1) is 0 Å². The molecule has 0 spiro atoms. The highest BCUT2D eigenvalue weighted by atomic mass is 19.1. The fourth-order valence-electron chi connectivity index (χ4n) is 3.34. The second kappa shape index (κ2) is 8.42. The molecule has 0 saturated carbocycles. The van der Waals surface area contributed by atoms with Crippen LogP contribution >= 0.6 is 0 Å². The number of para-hydroxylation sites is 1. The zero-order valence-electron chi connectivity index (χ0n) is 16.2. The quantitative estimate of drug-likeness (QED) is 0.799. The SMILES string of the molecule is CC[C@H](Oc1ccc(C)c(C)c1)C(=O)N1CCN(c2ccccc2F)CC1. The van der Waals surface area contributed by atoms with Gasteiger partial charge < -0.3 is 14.5 Å². The van der Waals surface area contributed by atoms with Crippen LogP contribution in [0.15, 0.2) is 42.5 Å². The van der Waals surface area contributed by atoms with Crippen LogP contribution in [0.4, 0.5) is 10.1 Å². The minimum atomic E-state index is -0.493. The predicted octanol–water partition coefficient (Wildman–Crippen LogP) is 3.95. The zero-order chi connectivity index (χ0) is 19.4. The van der Waals surface area contributed by atoms with Crippen LogP contribution in [0.5, 0.6) is 5.75 Å². The van der Waals surface area contributed by atoms with E-state index >= 15 is 0 Å². The number of ether oxygens (including phenoxy) is 1. The van der Waals surface area contributed by atoms with Crippen LogP contribution in [0.1, 0.15) is 24.5 Å². The molecule has 1 amide bonds. The van der Waals surface area contributed by atoms with Gasteiger partial charge in [0.1, 0.15) is 11.6 Å². The Hall–Kier alpha value is -2.56. The summed E-state index contributed by atoms with van der Waals surface area (Å²) in [5.41, 5.74) is 2.95. The van der Waals surface area contributed by atoms with Crippen LogP contribution in [0.2, 0.25) is 0 Å². The fourth-order valence-corrected chi connectivity index (χ4v) is 3.34. The molecule has 1 aliphatic heterocycles. The first-order valence-electron chi connectivity index (χ1n) is 9.51. The van der Waals surface area contributed by atoms with Crippen molar-refractivity contribution in [2.75, 3.05) is 31.1 Å². The Labute approximate surface area is 160 Å². The number of nitrogens with zero attached hydrogens (tertiary/aromatic N) is 2. The van der Waals surface area contributed by atoms with Gasteiger partial charge in [0.05, 0.1) is 5.69 Å². The molecule has 0 radical (unpaired) electrons. The molecule has 1 atom stereocenters. The number of rotatable bonds is 5. The Bertz CT molecular complexity index is 801. The van der Waals surface area contributed by atoms with Crippen molar-refractivity contribution in [3.63, 3.8) is 0 Å². The highest BCUT2D eigenvalue weighted by Crippen LogP contribution is 2.22. The number of halogens is 1. The lowest BCUT2D eigenvalue weighted by Gasteiger charge is -2.37. The van der Waals surface area contributed by atoms with Crippen LogP contribution in [-0.2, 0) is 4.79 Å². The summed E-state index contributed by atoms with van der Waals surface area (Å²) < 4.78 is 20.0. The number of piperazine rings is 1. The van der Waals surface area contributed by atoms with Gasteiger partial charge in [-0.2, -0.15) is 0 Å². The number of aryl methyl sites for hydroxylation is 2. The zero-order valence-corrected chi connectivity index (χ0v) is 16.2. The Morgan fingerprint density at radius 3 is 2.41 bits per heavy atom. The van der Waals surface area contributed by atoms with Crippen molar-refractivity contribution in [1.29, 1.82) is 0 Å². The molecular weight excluding hydrogens is 343 g/mol. The smallest absolute Gasteiger partial charge is 0.263 e. The molecule has 0 aliphatic carbocycles. The third kappa shape index (κ3) is 4.41. The lowest BCUT2D eigenvalue weighted by atomic mass is 10.1. The van der Waals surface area contributed by atoms with Crippen molar-refractivity contribution < 1.29 is 13.9 Å². The number of amides is 1. The number of benzene rings is 2. The van der Waals surface area contributed by atoms with Gasteiger partial charge in [0.2, 0.25) is 0 Å². The molecule has 1 heterocycles. The van der Waals surface area contributed by atoms with E-state index in [1.807, 2.05) is 47.9 Å². The lowest BCUT2D eigenvalue weighted by molar-refractivity contribution is -0.139. The summed E-state index contributed by atoms with van der Waals surface area (Å²) in [7, 11) is 0. The first kappa shape index (κ1) is 19.2. The molecule has 0 N–H and O–H groups in total. The van der Waals surface area contributed by atoms with Crippen LogP contribution in [0.25, 0.3) is 0 Å². The standard InChI is InChI=1S/C22H27FN2O2/c1-4-21(27-18-10-9-16(2)17(3)15-18)22(26)25-13-11-24(12-14-25)20-8-6-5-7-19(20)23/h5-10,15,21H,4,11-14H2,1-3H3/t21-/m0/s1. The summed E-state index contributed by atoms with van der Waals surface area (Å²) in [6.07, 6.45) is 0.117. The minimum absolute atomic E-state index is 0.00362. The van der Waals surface area contributed by atoms with Crippen molar-refractivity contribution in [1.82, 2.24) is 4.90 Å². The van der Waals surface area contributed by atoms with Gasteiger partial charge in [0.15, 0.2) is 6.10 Å². The van der Waals surface area contributed by atoms with Crippen LogP contribution in [0.3, 0.4) is 0 Å². The molecule has 2 aromatic carbocycles. The van der Waals surface area contributed by atoms with E-state index in [1.165, 1.54) is 11.6 Å². The lowest BCUT2D eigenvalue weighted by Crippen LogP contribution is -2.52.